The highest BCUT2D eigenvalue weighted by atomic mass is 35.5. The number of hydrogen-bond acceptors (Lipinski definition) is 5. The first-order chi connectivity index (χ1) is 13.2. The summed E-state index contributed by atoms with van der Waals surface area (Å²) in [6.07, 6.45) is 0.465. The van der Waals surface area contributed by atoms with Crippen LogP contribution in [0.1, 0.15) is 23.7 Å². The molecular weight excluding hydrogens is 414 g/mol. The molecule has 0 aliphatic carbocycles. The van der Waals surface area contributed by atoms with Crippen molar-refractivity contribution in [1.29, 1.82) is 0 Å². The summed E-state index contributed by atoms with van der Waals surface area (Å²) in [6, 6.07) is 2.80. The predicted molar refractivity (Wildman–Crippen MR) is 101 cm³/mol. The van der Waals surface area contributed by atoms with Gasteiger partial charge in [0.2, 0.25) is 5.91 Å². The van der Waals surface area contributed by atoms with Gasteiger partial charge in [-0.3, -0.25) is 4.79 Å². The summed E-state index contributed by atoms with van der Waals surface area (Å²) in [6.45, 7) is 1.91. The van der Waals surface area contributed by atoms with Crippen LogP contribution >= 0.6 is 11.6 Å². The number of sulfone groups is 1. The molecule has 1 aromatic heterocycles. The summed E-state index contributed by atoms with van der Waals surface area (Å²) < 4.78 is 50.9. The van der Waals surface area contributed by atoms with E-state index in [1.165, 1.54) is 10.7 Å². The topological polar surface area (TPSA) is 93.1 Å². The Labute approximate surface area is 166 Å². The molecule has 1 aromatic carbocycles. The van der Waals surface area contributed by atoms with Crippen molar-refractivity contribution < 1.29 is 22.0 Å². The van der Waals surface area contributed by atoms with Crippen molar-refractivity contribution in [3.63, 3.8) is 0 Å². The molecule has 11 heteroatoms. The first kappa shape index (κ1) is 20.7. The molecule has 28 heavy (non-hydrogen) atoms. The van der Waals surface area contributed by atoms with Gasteiger partial charge in [-0.15, -0.1) is 0 Å². The monoisotopic (exact) mass is 432 g/mol. The number of rotatable bonds is 6. The lowest BCUT2D eigenvalue weighted by Crippen LogP contribution is -2.28. The summed E-state index contributed by atoms with van der Waals surface area (Å²) in [5, 5.41) is 10.1. The van der Waals surface area contributed by atoms with Crippen LogP contribution in [0.15, 0.2) is 18.2 Å². The molecule has 0 bridgehead atoms. The minimum atomic E-state index is -3.07. The van der Waals surface area contributed by atoms with E-state index in [0.717, 1.165) is 12.1 Å². The second-order valence-corrected chi connectivity index (χ2v) is 9.22. The molecule has 1 saturated heterocycles. The zero-order chi connectivity index (χ0) is 20.5. The molecule has 1 atom stereocenters. The first-order valence-electron chi connectivity index (χ1n) is 8.56. The zero-order valence-electron chi connectivity index (χ0n) is 15.0. The third-order valence-electron chi connectivity index (χ3n) is 4.49. The Morgan fingerprint density at radius 1 is 1.36 bits per heavy atom. The summed E-state index contributed by atoms with van der Waals surface area (Å²) in [4.78, 5) is 11.9. The molecule has 0 spiro atoms. The Kier molecular flexibility index (Phi) is 6.01. The van der Waals surface area contributed by atoms with E-state index in [0.29, 0.717) is 22.8 Å². The van der Waals surface area contributed by atoms with Crippen LogP contribution in [0.25, 0.3) is 0 Å². The van der Waals surface area contributed by atoms with Gasteiger partial charge in [0.1, 0.15) is 5.15 Å². The van der Waals surface area contributed by atoms with Crippen LogP contribution < -0.4 is 10.6 Å². The van der Waals surface area contributed by atoms with Gasteiger partial charge in [0.05, 0.1) is 29.8 Å². The smallest absolute Gasteiger partial charge is 0.238 e. The fraction of sp³-hybridized carbons (Fsp3) is 0.412. The van der Waals surface area contributed by atoms with Crippen molar-refractivity contribution in [2.24, 2.45) is 0 Å². The van der Waals surface area contributed by atoms with Gasteiger partial charge in [0, 0.05) is 23.9 Å². The van der Waals surface area contributed by atoms with E-state index in [1.807, 2.05) is 0 Å². The standard InChI is InChI=1S/C17H19ClF2N4O3S/c1-10-13(17(18)24(23-10)12-4-5-28(26,27)9-12)7-21-8-16(25)22-11-2-3-14(19)15(20)6-11/h2-3,6,12,21H,4-5,7-9H2,1H3,(H,22,25)/t12-/m0/s1. The van der Waals surface area contributed by atoms with Crippen LogP contribution in [0.2, 0.25) is 5.15 Å². The molecule has 152 valence electrons. The SMILES string of the molecule is Cc1nn([C@H]2CCS(=O)(=O)C2)c(Cl)c1CNCC(=O)Nc1ccc(F)c(F)c1. The number of aryl methyl sites for hydroxylation is 1. The average molecular weight is 433 g/mol. The molecule has 0 unspecified atom stereocenters. The van der Waals surface area contributed by atoms with Crippen LogP contribution in [0, 0.1) is 18.6 Å². The molecule has 7 nitrogen and oxygen atoms in total. The van der Waals surface area contributed by atoms with Gasteiger partial charge in [0.25, 0.3) is 0 Å². The third kappa shape index (κ3) is 4.68. The van der Waals surface area contributed by atoms with Crippen LogP contribution in [-0.2, 0) is 21.2 Å². The van der Waals surface area contributed by atoms with E-state index in [9.17, 15) is 22.0 Å². The van der Waals surface area contributed by atoms with Gasteiger partial charge in [0.15, 0.2) is 21.5 Å². The van der Waals surface area contributed by atoms with Crippen molar-refractivity contribution >= 4 is 33.0 Å². The van der Waals surface area contributed by atoms with Gasteiger partial charge >= 0.3 is 0 Å². The lowest BCUT2D eigenvalue weighted by atomic mass is 10.2. The Morgan fingerprint density at radius 3 is 2.75 bits per heavy atom. The molecular formula is C17H19ClF2N4O3S. The molecule has 1 amide bonds. The predicted octanol–water partition coefficient (Wildman–Crippen LogP) is 2.21. The third-order valence-corrected chi connectivity index (χ3v) is 6.64. The van der Waals surface area contributed by atoms with E-state index >= 15 is 0 Å². The number of carbonyl (C=O) groups is 1. The number of halogens is 3. The highest BCUT2D eigenvalue weighted by Crippen LogP contribution is 2.29. The van der Waals surface area contributed by atoms with Gasteiger partial charge in [-0.25, -0.2) is 21.9 Å². The van der Waals surface area contributed by atoms with Crippen molar-refractivity contribution in [3.8, 4) is 0 Å². The van der Waals surface area contributed by atoms with E-state index in [-0.39, 0.29) is 36.3 Å². The van der Waals surface area contributed by atoms with E-state index in [2.05, 4.69) is 15.7 Å². The number of aromatic nitrogens is 2. The molecule has 3 rings (SSSR count). The highest BCUT2D eigenvalue weighted by Gasteiger charge is 2.32. The number of benzene rings is 1. The molecule has 0 saturated carbocycles. The Bertz CT molecular complexity index is 1010. The summed E-state index contributed by atoms with van der Waals surface area (Å²) in [7, 11) is -3.07. The zero-order valence-corrected chi connectivity index (χ0v) is 16.6. The van der Waals surface area contributed by atoms with E-state index in [1.54, 1.807) is 6.92 Å². The van der Waals surface area contributed by atoms with Gasteiger partial charge in [-0.2, -0.15) is 5.10 Å². The van der Waals surface area contributed by atoms with Crippen LogP contribution in [-0.4, -0.2) is 42.2 Å². The van der Waals surface area contributed by atoms with Gasteiger partial charge in [-0.1, -0.05) is 11.6 Å². The molecule has 2 N–H and O–H groups in total. The van der Waals surface area contributed by atoms with E-state index in [4.69, 9.17) is 11.6 Å². The van der Waals surface area contributed by atoms with Crippen LogP contribution in [0.5, 0.6) is 0 Å². The maximum absolute atomic E-state index is 13.2. The second kappa shape index (κ2) is 8.14. The largest absolute Gasteiger partial charge is 0.325 e. The van der Waals surface area contributed by atoms with Crippen molar-refractivity contribution in [2.45, 2.75) is 25.9 Å². The second-order valence-electron chi connectivity index (χ2n) is 6.64. The first-order valence-corrected chi connectivity index (χ1v) is 10.8. The van der Waals surface area contributed by atoms with Crippen LogP contribution in [0.4, 0.5) is 14.5 Å². The maximum atomic E-state index is 13.2. The van der Waals surface area contributed by atoms with Crippen molar-refractivity contribution in [2.75, 3.05) is 23.4 Å². The molecule has 1 fully saturated rings. The fourth-order valence-electron chi connectivity index (χ4n) is 3.04. The summed E-state index contributed by atoms with van der Waals surface area (Å²) in [5.74, 6) is -2.35. The summed E-state index contributed by atoms with van der Waals surface area (Å²) >= 11 is 6.37. The minimum Gasteiger partial charge on any atom is -0.325 e. The molecule has 1 aliphatic rings. The van der Waals surface area contributed by atoms with E-state index < -0.39 is 27.4 Å². The Hall–Kier alpha value is -2.04. The van der Waals surface area contributed by atoms with Crippen molar-refractivity contribution in [1.82, 2.24) is 15.1 Å². The lowest BCUT2D eigenvalue weighted by molar-refractivity contribution is -0.115. The Morgan fingerprint density at radius 2 is 2.11 bits per heavy atom. The summed E-state index contributed by atoms with van der Waals surface area (Å²) in [5.41, 5.74) is 1.46. The number of hydrogen-bond donors (Lipinski definition) is 2. The van der Waals surface area contributed by atoms with Crippen LogP contribution in [0.3, 0.4) is 0 Å². The van der Waals surface area contributed by atoms with Gasteiger partial charge in [-0.05, 0) is 25.5 Å². The molecule has 2 aromatic rings. The average Bonchev–Trinajstić information content (AvgIpc) is 3.11. The normalized spacial score (nSPS) is 18.4. The van der Waals surface area contributed by atoms with Crippen molar-refractivity contribution in [3.05, 3.63) is 46.2 Å². The minimum absolute atomic E-state index is 0.0113. The maximum Gasteiger partial charge on any atom is 0.238 e. The number of nitrogens with one attached hydrogen (secondary N) is 2. The number of amides is 1. The molecule has 0 radical (unpaired) electrons. The fourth-order valence-corrected chi connectivity index (χ4v) is 5.12. The highest BCUT2D eigenvalue weighted by molar-refractivity contribution is 7.91. The number of carbonyl (C=O) groups excluding carboxylic acids is 1. The number of anilines is 1. The number of nitrogens with zero attached hydrogens (tertiary/aromatic N) is 2. The molecule has 1 aliphatic heterocycles. The quantitative estimate of drug-likeness (QED) is 0.730. The molecule has 2 heterocycles. The Balaban J connectivity index is 1.57. The lowest BCUT2D eigenvalue weighted by Gasteiger charge is -2.10. The van der Waals surface area contributed by atoms with Gasteiger partial charge < -0.3 is 10.6 Å².